The molecule has 0 aromatic carbocycles. The number of ether oxygens (including phenoxy) is 1. The summed E-state index contributed by atoms with van der Waals surface area (Å²) in [5.41, 5.74) is 8.34. The van der Waals surface area contributed by atoms with E-state index in [0.717, 1.165) is 43.0 Å². The van der Waals surface area contributed by atoms with Crippen LogP contribution in [-0.2, 0) is 4.74 Å². The Hall–Kier alpha value is -1.27. The molecule has 0 saturated carbocycles. The van der Waals surface area contributed by atoms with Gasteiger partial charge in [-0.15, -0.1) is 5.10 Å². The molecule has 5 nitrogen and oxygen atoms in total. The molecule has 0 spiro atoms. The molecule has 18 heavy (non-hydrogen) atoms. The lowest BCUT2D eigenvalue weighted by Gasteiger charge is -2.13. The van der Waals surface area contributed by atoms with Crippen molar-refractivity contribution < 1.29 is 4.74 Å². The quantitative estimate of drug-likeness (QED) is 0.577. The molecular formula is C12H20N4OS. The van der Waals surface area contributed by atoms with Crippen LogP contribution in [0.15, 0.2) is 0 Å². The van der Waals surface area contributed by atoms with Crippen molar-refractivity contribution in [2.24, 2.45) is 5.73 Å². The van der Waals surface area contributed by atoms with E-state index >= 15 is 0 Å². The van der Waals surface area contributed by atoms with Crippen molar-refractivity contribution in [1.29, 1.82) is 0 Å². The zero-order valence-corrected chi connectivity index (χ0v) is 11.9. The highest BCUT2D eigenvalue weighted by Gasteiger charge is 2.12. The Morgan fingerprint density at radius 3 is 2.72 bits per heavy atom. The lowest BCUT2D eigenvalue weighted by atomic mass is 10.1. The molecule has 0 aliphatic rings. The molecular weight excluding hydrogens is 248 g/mol. The smallest absolute Gasteiger partial charge is 0.159 e. The van der Waals surface area contributed by atoms with Crippen LogP contribution in [-0.4, -0.2) is 34.9 Å². The van der Waals surface area contributed by atoms with Crippen LogP contribution in [0.1, 0.15) is 30.2 Å². The van der Waals surface area contributed by atoms with Crippen LogP contribution >= 0.6 is 12.2 Å². The molecule has 1 rings (SSSR count). The van der Waals surface area contributed by atoms with E-state index < -0.39 is 0 Å². The summed E-state index contributed by atoms with van der Waals surface area (Å²) >= 11 is 5.06. The van der Waals surface area contributed by atoms with E-state index in [1.165, 1.54) is 0 Å². The molecule has 1 aromatic heterocycles. The van der Waals surface area contributed by atoms with Gasteiger partial charge in [0, 0.05) is 19.8 Å². The van der Waals surface area contributed by atoms with Gasteiger partial charge in [-0.1, -0.05) is 12.2 Å². The van der Waals surface area contributed by atoms with Crippen LogP contribution in [0.2, 0.25) is 0 Å². The van der Waals surface area contributed by atoms with E-state index in [0.29, 0.717) is 10.8 Å². The normalized spacial score (nSPS) is 10.4. The molecule has 0 aliphatic carbocycles. The Morgan fingerprint density at radius 2 is 2.11 bits per heavy atom. The van der Waals surface area contributed by atoms with Crippen molar-refractivity contribution in [3.05, 3.63) is 16.8 Å². The molecule has 1 aromatic rings. The first-order chi connectivity index (χ1) is 8.57. The Labute approximate surface area is 113 Å². The minimum atomic E-state index is 0.345. The maximum Gasteiger partial charge on any atom is 0.159 e. The first-order valence-corrected chi connectivity index (χ1v) is 6.44. The fourth-order valence-electron chi connectivity index (χ4n) is 1.56. The van der Waals surface area contributed by atoms with E-state index in [2.05, 4.69) is 15.5 Å². The predicted octanol–water partition coefficient (Wildman–Crippen LogP) is 1.57. The minimum absolute atomic E-state index is 0.345. The topological polar surface area (TPSA) is 73.1 Å². The van der Waals surface area contributed by atoms with E-state index in [4.69, 9.17) is 22.7 Å². The summed E-state index contributed by atoms with van der Waals surface area (Å²) < 4.78 is 5.27. The van der Waals surface area contributed by atoms with E-state index in [1.807, 2.05) is 20.8 Å². The van der Waals surface area contributed by atoms with Crippen LogP contribution < -0.4 is 11.1 Å². The van der Waals surface area contributed by atoms with Gasteiger partial charge in [0.05, 0.1) is 11.3 Å². The Kier molecular flexibility index (Phi) is 5.94. The molecule has 1 heterocycles. The van der Waals surface area contributed by atoms with Gasteiger partial charge in [-0.05, 0) is 32.8 Å². The predicted molar refractivity (Wildman–Crippen MR) is 77.0 cm³/mol. The number of rotatable bonds is 7. The molecule has 0 fully saturated rings. The van der Waals surface area contributed by atoms with E-state index in [-0.39, 0.29) is 0 Å². The first kappa shape index (κ1) is 14.8. The lowest BCUT2D eigenvalue weighted by Crippen LogP contribution is -2.19. The molecule has 0 atom stereocenters. The summed E-state index contributed by atoms with van der Waals surface area (Å²) in [6.45, 7) is 8.04. The average molecular weight is 268 g/mol. The van der Waals surface area contributed by atoms with Crippen LogP contribution in [0.4, 0.5) is 5.82 Å². The number of nitrogens with two attached hydrogens (primary N) is 1. The van der Waals surface area contributed by atoms with Gasteiger partial charge >= 0.3 is 0 Å². The van der Waals surface area contributed by atoms with E-state index in [9.17, 15) is 0 Å². The number of aromatic nitrogens is 2. The molecule has 0 aliphatic heterocycles. The summed E-state index contributed by atoms with van der Waals surface area (Å²) in [6.07, 6.45) is 0.902. The largest absolute Gasteiger partial charge is 0.389 e. The number of aryl methyl sites for hydroxylation is 1. The van der Waals surface area contributed by atoms with Crippen LogP contribution in [0, 0.1) is 13.8 Å². The van der Waals surface area contributed by atoms with Crippen molar-refractivity contribution in [2.75, 3.05) is 25.1 Å². The first-order valence-electron chi connectivity index (χ1n) is 6.03. The third-order valence-corrected chi connectivity index (χ3v) is 2.87. The van der Waals surface area contributed by atoms with Crippen molar-refractivity contribution in [3.8, 4) is 0 Å². The maximum atomic E-state index is 5.74. The van der Waals surface area contributed by atoms with Gasteiger partial charge in [0.25, 0.3) is 0 Å². The molecule has 6 heteroatoms. The number of hydrogen-bond donors (Lipinski definition) is 2. The molecule has 100 valence electrons. The zero-order valence-electron chi connectivity index (χ0n) is 11.1. The van der Waals surface area contributed by atoms with Crippen molar-refractivity contribution in [1.82, 2.24) is 10.2 Å². The van der Waals surface area contributed by atoms with Gasteiger partial charge in [-0.25, -0.2) is 0 Å². The lowest BCUT2D eigenvalue weighted by molar-refractivity contribution is 0.147. The van der Waals surface area contributed by atoms with Crippen LogP contribution in [0.3, 0.4) is 0 Å². The second kappa shape index (κ2) is 7.23. The SMILES string of the molecule is CCOCCCNc1nnc(C)c(C)c1C(N)=S. The highest BCUT2D eigenvalue weighted by atomic mass is 32.1. The number of thiocarbonyl (C=S) groups is 1. The molecule has 0 radical (unpaired) electrons. The number of nitrogens with one attached hydrogen (secondary N) is 1. The maximum absolute atomic E-state index is 5.74. The Morgan fingerprint density at radius 1 is 1.39 bits per heavy atom. The number of hydrogen-bond acceptors (Lipinski definition) is 5. The third-order valence-electron chi connectivity index (χ3n) is 2.66. The van der Waals surface area contributed by atoms with Crippen molar-refractivity contribution >= 4 is 23.0 Å². The molecule has 0 bridgehead atoms. The highest BCUT2D eigenvalue weighted by Crippen LogP contribution is 2.18. The van der Waals surface area contributed by atoms with Crippen molar-refractivity contribution in [3.63, 3.8) is 0 Å². The summed E-state index contributed by atoms with van der Waals surface area (Å²) in [7, 11) is 0. The van der Waals surface area contributed by atoms with Gasteiger partial charge < -0.3 is 15.8 Å². The highest BCUT2D eigenvalue weighted by molar-refractivity contribution is 7.80. The fourth-order valence-corrected chi connectivity index (χ4v) is 1.81. The minimum Gasteiger partial charge on any atom is -0.389 e. The second-order valence-electron chi connectivity index (χ2n) is 3.98. The number of anilines is 1. The molecule has 3 N–H and O–H groups in total. The summed E-state index contributed by atoms with van der Waals surface area (Å²) in [6, 6.07) is 0. The molecule has 0 amide bonds. The average Bonchev–Trinajstić information content (AvgIpc) is 2.33. The summed E-state index contributed by atoms with van der Waals surface area (Å²) in [5.74, 6) is 0.655. The summed E-state index contributed by atoms with van der Waals surface area (Å²) in [5, 5.41) is 11.4. The van der Waals surface area contributed by atoms with E-state index in [1.54, 1.807) is 0 Å². The van der Waals surface area contributed by atoms with Crippen molar-refractivity contribution in [2.45, 2.75) is 27.2 Å². The number of nitrogens with zero attached hydrogens (tertiary/aromatic N) is 2. The van der Waals surface area contributed by atoms with Crippen LogP contribution in [0.5, 0.6) is 0 Å². The zero-order chi connectivity index (χ0) is 13.5. The fraction of sp³-hybridized carbons (Fsp3) is 0.583. The van der Waals surface area contributed by atoms with Gasteiger partial charge in [-0.2, -0.15) is 5.10 Å². The molecule has 0 unspecified atom stereocenters. The van der Waals surface area contributed by atoms with Gasteiger partial charge in [0.2, 0.25) is 0 Å². The van der Waals surface area contributed by atoms with Gasteiger partial charge in [0.1, 0.15) is 4.99 Å². The molecule has 0 saturated heterocycles. The second-order valence-corrected chi connectivity index (χ2v) is 4.42. The van der Waals surface area contributed by atoms with Crippen LogP contribution in [0.25, 0.3) is 0 Å². The van der Waals surface area contributed by atoms with Gasteiger partial charge in [0.15, 0.2) is 5.82 Å². The Balaban J connectivity index is 2.70. The monoisotopic (exact) mass is 268 g/mol. The Bertz CT molecular complexity index is 423. The summed E-state index contributed by atoms with van der Waals surface area (Å²) in [4.78, 5) is 0.345. The third kappa shape index (κ3) is 3.89. The van der Waals surface area contributed by atoms with Gasteiger partial charge in [-0.3, -0.25) is 0 Å². The standard InChI is InChI=1S/C12H20N4OS/c1-4-17-7-5-6-14-12-10(11(13)18)8(2)9(3)15-16-12/h4-7H2,1-3H3,(H2,13,18)(H,14,16).